The Bertz CT molecular complexity index is 289. The number of hydrogen-bond donors (Lipinski definition) is 1. The predicted molar refractivity (Wildman–Crippen MR) is 65.3 cm³/mol. The molecule has 78 valence electrons. The standard InChI is InChI=1S/C12H18BrN/c1-12(2,3)9-14-8-10-6-4-5-7-11(10)13/h4-7,14H,8-9H2,1-3H3. The molecule has 0 saturated carbocycles. The predicted octanol–water partition coefficient (Wildman–Crippen LogP) is 3.58. The van der Waals surface area contributed by atoms with Crippen molar-refractivity contribution in [3.05, 3.63) is 34.3 Å². The summed E-state index contributed by atoms with van der Waals surface area (Å²) in [5.41, 5.74) is 1.66. The van der Waals surface area contributed by atoms with Crippen LogP contribution in [-0.4, -0.2) is 6.54 Å². The highest BCUT2D eigenvalue weighted by Crippen LogP contribution is 2.16. The summed E-state index contributed by atoms with van der Waals surface area (Å²) in [5, 5.41) is 3.45. The maximum absolute atomic E-state index is 3.54. The van der Waals surface area contributed by atoms with E-state index in [9.17, 15) is 0 Å². The van der Waals surface area contributed by atoms with Gasteiger partial charge in [0.2, 0.25) is 0 Å². The molecule has 1 nitrogen and oxygen atoms in total. The van der Waals surface area contributed by atoms with Gasteiger partial charge in [-0.25, -0.2) is 0 Å². The van der Waals surface area contributed by atoms with E-state index in [1.807, 2.05) is 6.07 Å². The van der Waals surface area contributed by atoms with Gasteiger partial charge < -0.3 is 5.32 Å². The lowest BCUT2D eigenvalue weighted by molar-refractivity contribution is 0.379. The average molecular weight is 256 g/mol. The SMILES string of the molecule is CC(C)(C)CNCc1ccccc1Br. The number of benzene rings is 1. The van der Waals surface area contributed by atoms with Crippen LogP contribution in [0.2, 0.25) is 0 Å². The van der Waals surface area contributed by atoms with Gasteiger partial charge in [-0.1, -0.05) is 54.9 Å². The molecule has 1 aromatic rings. The third kappa shape index (κ3) is 4.25. The second-order valence-electron chi connectivity index (χ2n) is 4.76. The van der Waals surface area contributed by atoms with Crippen LogP contribution in [0.25, 0.3) is 0 Å². The summed E-state index contributed by atoms with van der Waals surface area (Å²) in [6.07, 6.45) is 0. The Morgan fingerprint density at radius 2 is 1.86 bits per heavy atom. The quantitative estimate of drug-likeness (QED) is 0.871. The first kappa shape index (κ1) is 11.7. The molecule has 0 fully saturated rings. The highest BCUT2D eigenvalue weighted by atomic mass is 79.9. The summed E-state index contributed by atoms with van der Waals surface area (Å²) in [5.74, 6) is 0. The lowest BCUT2D eigenvalue weighted by Crippen LogP contribution is -2.26. The minimum Gasteiger partial charge on any atom is -0.312 e. The lowest BCUT2D eigenvalue weighted by atomic mass is 9.97. The summed E-state index contributed by atoms with van der Waals surface area (Å²) in [7, 11) is 0. The molecule has 0 saturated heterocycles. The van der Waals surface area contributed by atoms with Crippen LogP contribution in [0, 0.1) is 5.41 Å². The van der Waals surface area contributed by atoms with Crippen LogP contribution < -0.4 is 5.32 Å². The fraction of sp³-hybridized carbons (Fsp3) is 0.500. The van der Waals surface area contributed by atoms with E-state index in [1.165, 1.54) is 10.0 Å². The smallest absolute Gasteiger partial charge is 0.0220 e. The maximum atomic E-state index is 3.54. The highest BCUT2D eigenvalue weighted by Gasteiger charge is 2.09. The van der Waals surface area contributed by atoms with Crippen molar-refractivity contribution in [3.63, 3.8) is 0 Å². The Kier molecular flexibility index (Phi) is 4.14. The van der Waals surface area contributed by atoms with Crippen LogP contribution in [0.4, 0.5) is 0 Å². The van der Waals surface area contributed by atoms with Crippen molar-refractivity contribution in [2.45, 2.75) is 27.3 Å². The number of hydrogen-bond acceptors (Lipinski definition) is 1. The van der Waals surface area contributed by atoms with Crippen LogP contribution in [0.3, 0.4) is 0 Å². The molecule has 0 bridgehead atoms. The molecule has 0 amide bonds. The molecule has 0 spiro atoms. The zero-order chi connectivity index (χ0) is 10.6. The first-order valence-electron chi connectivity index (χ1n) is 4.93. The second kappa shape index (κ2) is 4.94. The maximum Gasteiger partial charge on any atom is 0.0220 e. The molecule has 1 rings (SSSR count). The molecule has 0 radical (unpaired) electrons. The fourth-order valence-electron chi connectivity index (χ4n) is 1.21. The molecular weight excluding hydrogens is 238 g/mol. The van der Waals surface area contributed by atoms with E-state index in [4.69, 9.17) is 0 Å². The molecule has 1 aromatic carbocycles. The van der Waals surface area contributed by atoms with Gasteiger partial charge in [0, 0.05) is 17.6 Å². The molecule has 0 aliphatic carbocycles. The van der Waals surface area contributed by atoms with Crippen molar-refractivity contribution in [1.82, 2.24) is 5.32 Å². The monoisotopic (exact) mass is 255 g/mol. The Labute approximate surface area is 95.0 Å². The van der Waals surface area contributed by atoms with E-state index in [2.05, 4.69) is 60.2 Å². The Balaban J connectivity index is 2.43. The van der Waals surface area contributed by atoms with Crippen LogP contribution in [0.15, 0.2) is 28.7 Å². The van der Waals surface area contributed by atoms with Crippen LogP contribution in [0.1, 0.15) is 26.3 Å². The first-order chi connectivity index (χ1) is 6.49. The van der Waals surface area contributed by atoms with Gasteiger partial charge in [0.1, 0.15) is 0 Å². The van der Waals surface area contributed by atoms with E-state index in [-0.39, 0.29) is 0 Å². The van der Waals surface area contributed by atoms with Gasteiger partial charge in [-0.05, 0) is 17.0 Å². The third-order valence-electron chi connectivity index (χ3n) is 1.93. The van der Waals surface area contributed by atoms with E-state index >= 15 is 0 Å². The summed E-state index contributed by atoms with van der Waals surface area (Å²) in [6, 6.07) is 8.32. The first-order valence-corrected chi connectivity index (χ1v) is 5.72. The number of nitrogens with one attached hydrogen (secondary N) is 1. The second-order valence-corrected chi connectivity index (χ2v) is 5.61. The molecule has 0 unspecified atom stereocenters. The topological polar surface area (TPSA) is 12.0 Å². The molecule has 0 aliphatic rings. The van der Waals surface area contributed by atoms with Gasteiger partial charge in [-0.15, -0.1) is 0 Å². The normalized spacial score (nSPS) is 11.7. The van der Waals surface area contributed by atoms with Gasteiger partial charge >= 0.3 is 0 Å². The Hall–Kier alpha value is -0.340. The molecule has 0 heterocycles. The minimum atomic E-state index is 0.348. The van der Waals surface area contributed by atoms with Crippen molar-refractivity contribution in [3.8, 4) is 0 Å². The fourth-order valence-corrected chi connectivity index (χ4v) is 1.64. The zero-order valence-electron chi connectivity index (χ0n) is 9.10. The number of halogens is 1. The molecule has 0 aliphatic heterocycles. The Morgan fingerprint density at radius 1 is 1.21 bits per heavy atom. The summed E-state index contributed by atoms with van der Waals surface area (Å²) in [6.45, 7) is 8.67. The molecule has 0 aromatic heterocycles. The zero-order valence-corrected chi connectivity index (χ0v) is 10.7. The molecule has 1 N–H and O–H groups in total. The van der Waals surface area contributed by atoms with Crippen molar-refractivity contribution < 1.29 is 0 Å². The number of rotatable bonds is 3. The van der Waals surface area contributed by atoms with E-state index in [0.717, 1.165) is 13.1 Å². The van der Waals surface area contributed by atoms with Gasteiger partial charge in [0.25, 0.3) is 0 Å². The van der Waals surface area contributed by atoms with Gasteiger partial charge in [-0.2, -0.15) is 0 Å². The lowest BCUT2D eigenvalue weighted by Gasteiger charge is -2.19. The van der Waals surface area contributed by atoms with Crippen molar-refractivity contribution >= 4 is 15.9 Å². The minimum absolute atomic E-state index is 0.348. The van der Waals surface area contributed by atoms with Crippen LogP contribution in [0.5, 0.6) is 0 Å². The van der Waals surface area contributed by atoms with E-state index < -0.39 is 0 Å². The Morgan fingerprint density at radius 3 is 2.43 bits per heavy atom. The van der Waals surface area contributed by atoms with Gasteiger partial charge in [0.15, 0.2) is 0 Å². The van der Waals surface area contributed by atoms with Crippen molar-refractivity contribution in [2.24, 2.45) is 5.41 Å². The van der Waals surface area contributed by atoms with Gasteiger partial charge in [-0.3, -0.25) is 0 Å². The van der Waals surface area contributed by atoms with Crippen molar-refractivity contribution in [1.29, 1.82) is 0 Å². The van der Waals surface area contributed by atoms with E-state index in [1.54, 1.807) is 0 Å². The van der Waals surface area contributed by atoms with Crippen LogP contribution in [-0.2, 0) is 6.54 Å². The molecule has 14 heavy (non-hydrogen) atoms. The third-order valence-corrected chi connectivity index (χ3v) is 2.70. The molecule has 2 heteroatoms. The van der Waals surface area contributed by atoms with Gasteiger partial charge in [0.05, 0.1) is 0 Å². The molecular formula is C12H18BrN. The van der Waals surface area contributed by atoms with Crippen molar-refractivity contribution in [2.75, 3.05) is 6.54 Å². The summed E-state index contributed by atoms with van der Waals surface area (Å²) < 4.78 is 1.18. The highest BCUT2D eigenvalue weighted by molar-refractivity contribution is 9.10. The van der Waals surface area contributed by atoms with E-state index in [0.29, 0.717) is 5.41 Å². The van der Waals surface area contributed by atoms with Crippen LogP contribution >= 0.6 is 15.9 Å². The molecule has 0 atom stereocenters. The average Bonchev–Trinajstić information content (AvgIpc) is 2.06. The summed E-state index contributed by atoms with van der Waals surface area (Å²) >= 11 is 3.54. The largest absolute Gasteiger partial charge is 0.312 e. The summed E-state index contributed by atoms with van der Waals surface area (Å²) in [4.78, 5) is 0.